The van der Waals surface area contributed by atoms with Gasteiger partial charge in [0, 0.05) is 5.02 Å². The lowest BCUT2D eigenvalue weighted by Crippen LogP contribution is -2.42. The van der Waals surface area contributed by atoms with E-state index in [4.69, 9.17) is 21.1 Å². The molecule has 0 saturated carbocycles. The maximum absolute atomic E-state index is 12.2. The third kappa shape index (κ3) is 4.89. The summed E-state index contributed by atoms with van der Waals surface area (Å²) in [5.41, 5.74) is 0.417. The Bertz CT molecular complexity index is 722. The van der Waals surface area contributed by atoms with Crippen molar-refractivity contribution in [2.45, 2.75) is 13.0 Å². The molecule has 0 radical (unpaired) electrons. The van der Waals surface area contributed by atoms with Crippen molar-refractivity contribution in [2.75, 3.05) is 12.4 Å². The third-order valence-electron chi connectivity index (χ3n) is 3.10. The Kier molecular flexibility index (Phi) is 6.03. The predicted molar refractivity (Wildman–Crippen MR) is 91.7 cm³/mol. The van der Waals surface area contributed by atoms with Gasteiger partial charge in [0.2, 0.25) is 5.91 Å². The fraction of sp³-hybridized carbons (Fsp3) is 0.176. The minimum absolute atomic E-state index is 0.388. The zero-order valence-corrected chi connectivity index (χ0v) is 14.0. The summed E-state index contributed by atoms with van der Waals surface area (Å²) in [5.74, 6) is 0.423. The van der Waals surface area contributed by atoms with Gasteiger partial charge in [-0.1, -0.05) is 29.8 Å². The summed E-state index contributed by atoms with van der Waals surface area (Å²) >= 11 is 5.91. The van der Waals surface area contributed by atoms with Crippen molar-refractivity contribution in [1.82, 2.24) is 5.32 Å². The Morgan fingerprint density at radius 2 is 1.83 bits per heavy atom. The highest BCUT2D eigenvalue weighted by atomic mass is 35.5. The van der Waals surface area contributed by atoms with Crippen molar-refractivity contribution in [1.29, 1.82) is 0 Å². The van der Waals surface area contributed by atoms with E-state index >= 15 is 0 Å². The van der Waals surface area contributed by atoms with Gasteiger partial charge in [0.1, 0.15) is 17.5 Å². The van der Waals surface area contributed by atoms with Crippen LogP contribution in [0.15, 0.2) is 48.5 Å². The predicted octanol–water partition coefficient (Wildman–Crippen LogP) is 3.46. The molecule has 2 amide bonds. The Labute approximate surface area is 144 Å². The second-order valence-corrected chi connectivity index (χ2v) is 5.34. The topological polar surface area (TPSA) is 76.7 Å². The van der Waals surface area contributed by atoms with E-state index in [-0.39, 0.29) is 0 Å². The van der Waals surface area contributed by atoms with Crippen LogP contribution in [-0.4, -0.2) is 25.2 Å². The Balaban J connectivity index is 1.95. The molecule has 0 aliphatic heterocycles. The number of carbonyl (C=O) groups is 2. The number of para-hydroxylation sites is 1. The third-order valence-corrected chi connectivity index (χ3v) is 3.34. The van der Waals surface area contributed by atoms with Crippen molar-refractivity contribution < 1.29 is 19.1 Å². The number of hydrogen-bond acceptors (Lipinski definition) is 4. The van der Waals surface area contributed by atoms with E-state index in [1.807, 2.05) is 0 Å². The van der Waals surface area contributed by atoms with Crippen LogP contribution >= 0.6 is 11.6 Å². The number of amides is 2. The van der Waals surface area contributed by atoms with Crippen LogP contribution in [0.25, 0.3) is 0 Å². The minimum atomic E-state index is -0.815. The molecule has 0 unspecified atom stereocenters. The lowest BCUT2D eigenvalue weighted by atomic mass is 10.2. The van der Waals surface area contributed by atoms with Gasteiger partial charge in [0.15, 0.2) is 0 Å². The van der Waals surface area contributed by atoms with Crippen molar-refractivity contribution in [3.8, 4) is 11.5 Å². The van der Waals surface area contributed by atoms with Gasteiger partial charge in [0.25, 0.3) is 0 Å². The lowest BCUT2D eigenvalue weighted by molar-refractivity contribution is -0.117. The first-order valence-corrected chi connectivity index (χ1v) is 7.55. The first kappa shape index (κ1) is 17.6. The number of nitrogens with one attached hydrogen (secondary N) is 2. The van der Waals surface area contributed by atoms with Crippen LogP contribution in [0.5, 0.6) is 11.5 Å². The van der Waals surface area contributed by atoms with Crippen molar-refractivity contribution in [3.63, 3.8) is 0 Å². The molecule has 0 saturated heterocycles. The van der Waals surface area contributed by atoms with E-state index in [2.05, 4.69) is 10.6 Å². The normalized spacial score (nSPS) is 11.3. The van der Waals surface area contributed by atoms with Crippen LogP contribution in [-0.2, 0) is 4.79 Å². The Hall–Kier alpha value is -2.73. The van der Waals surface area contributed by atoms with E-state index in [1.165, 1.54) is 7.11 Å². The summed E-state index contributed by atoms with van der Waals surface area (Å²) in [7, 11) is 1.48. The number of hydrogen-bond donors (Lipinski definition) is 2. The second kappa shape index (κ2) is 8.21. The van der Waals surface area contributed by atoms with Crippen LogP contribution in [0.3, 0.4) is 0 Å². The standard InChI is InChI=1S/C17H17ClN2O4/c1-11(19-17(22)24-13-6-4-3-5-7-13)16(21)20-14-10-12(18)8-9-15(14)23-2/h3-11H,1-2H3,(H,19,22)(H,20,21)/t11-/m0/s1. The van der Waals surface area contributed by atoms with Gasteiger partial charge < -0.3 is 20.1 Å². The fourth-order valence-electron chi connectivity index (χ4n) is 1.89. The summed E-state index contributed by atoms with van der Waals surface area (Å²) < 4.78 is 10.2. The fourth-order valence-corrected chi connectivity index (χ4v) is 2.06. The maximum atomic E-state index is 12.2. The Morgan fingerprint density at radius 3 is 2.50 bits per heavy atom. The number of anilines is 1. The molecule has 2 aromatic rings. The average molecular weight is 349 g/mol. The van der Waals surface area contributed by atoms with E-state index in [0.29, 0.717) is 22.2 Å². The molecular formula is C17H17ClN2O4. The minimum Gasteiger partial charge on any atom is -0.495 e. The van der Waals surface area contributed by atoms with Crippen LogP contribution in [0.2, 0.25) is 5.02 Å². The average Bonchev–Trinajstić information content (AvgIpc) is 2.55. The van der Waals surface area contributed by atoms with Gasteiger partial charge >= 0.3 is 6.09 Å². The van der Waals surface area contributed by atoms with Gasteiger partial charge in [-0.25, -0.2) is 4.79 Å². The molecule has 0 bridgehead atoms. The second-order valence-electron chi connectivity index (χ2n) is 4.90. The largest absolute Gasteiger partial charge is 0.495 e. The molecule has 2 rings (SSSR count). The van der Waals surface area contributed by atoms with Crippen LogP contribution in [0.1, 0.15) is 6.92 Å². The monoisotopic (exact) mass is 348 g/mol. The summed E-state index contributed by atoms with van der Waals surface area (Å²) in [4.78, 5) is 24.0. The molecule has 0 aliphatic carbocycles. The molecular weight excluding hydrogens is 332 g/mol. The molecule has 0 spiro atoms. The SMILES string of the molecule is COc1ccc(Cl)cc1NC(=O)[C@H](C)NC(=O)Oc1ccccc1. The van der Waals surface area contributed by atoms with Gasteiger partial charge in [-0.05, 0) is 37.3 Å². The molecule has 6 nitrogen and oxygen atoms in total. The number of benzene rings is 2. The number of carbonyl (C=O) groups excluding carboxylic acids is 2. The van der Waals surface area contributed by atoms with Gasteiger partial charge in [0.05, 0.1) is 12.8 Å². The van der Waals surface area contributed by atoms with Crippen LogP contribution in [0, 0.1) is 0 Å². The molecule has 126 valence electrons. The molecule has 0 heterocycles. The van der Waals surface area contributed by atoms with Crippen LogP contribution in [0.4, 0.5) is 10.5 Å². The number of halogens is 1. The number of ether oxygens (including phenoxy) is 2. The highest BCUT2D eigenvalue weighted by Gasteiger charge is 2.18. The van der Waals surface area contributed by atoms with Gasteiger partial charge in [-0.3, -0.25) is 4.79 Å². The van der Waals surface area contributed by atoms with Crippen LogP contribution < -0.4 is 20.1 Å². The van der Waals surface area contributed by atoms with E-state index < -0.39 is 18.0 Å². The maximum Gasteiger partial charge on any atom is 0.413 e. The van der Waals surface area contributed by atoms with E-state index in [9.17, 15) is 9.59 Å². The molecule has 0 aromatic heterocycles. The molecule has 24 heavy (non-hydrogen) atoms. The summed E-state index contributed by atoms with van der Waals surface area (Å²) in [6.45, 7) is 1.54. The number of methoxy groups -OCH3 is 1. The summed E-state index contributed by atoms with van der Waals surface area (Å²) in [6.07, 6.45) is -0.720. The lowest BCUT2D eigenvalue weighted by Gasteiger charge is -2.15. The smallest absolute Gasteiger partial charge is 0.413 e. The molecule has 0 aliphatic rings. The van der Waals surface area contributed by atoms with Crippen molar-refractivity contribution >= 4 is 29.3 Å². The summed E-state index contributed by atoms with van der Waals surface area (Å²) in [5, 5.41) is 5.56. The molecule has 1 atom stereocenters. The van der Waals surface area contributed by atoms with Crippen molar-refractivity contribution in [3.05, 3.63) is 53.6 Å². The highest BCUT2D eigenvalue weighted by molar-refractivity contribution is 6.31. The quantitative estimate of drug-likeness (QED) is 0.867. The van der Waals surface area contributed by atoms with Gasteiger partial charge in [-0.15, -0.1) is 0 Å². The Morgan fingerprint density at radius 1 is 1.12 bits per heavy atom. The van der Waals surface area contributed by atoms with E-state index in [0.717, 1.165) is 0 Å². The molecule has 2 N–H and O–H groups in total. The first-order valence-electron chi connectivity index (χ1n) is 7.17. The van der Waals surface area contributed by atoms with Crippen molar-refractivity contribution in [2.24, 2.45) is 0 Å². The molecule has 7 heteroatoms. The van der Waals surface area contributed by atoms with Gasteiger partial charge in [-0.2, -0.15) is 0 Å². The highest BCUT2D eigenvalue weighted by Crippen LogP contribution is 2.27. The number of rotatable bonds is 5. The zero-order chi connectivity index (χ0) is 17.5. The van der Waals surface area contributed by atoms with E-state index in [1.54, 1.807) is 55.5 Å². The zero-order valence-electron chi connectivity index (χ0n) is 13.2. The molecule has 2 aromatic carbocycles. The summed E-state index contributed by atoms with van der Waals surface area (Å²) in [6, 6.07) is 12.6. The molecule has 0 fully saturated rings. The first-order chi connectivity index (χ1) is 11.5.